The molecular formula is C19H24N2O6S2. The summed E-state index contributed by atoms with van der Waals surface area (Å²) in [7, 11) is 0.887. The van der Waals surface area contributed by atoms with Crippen LogP contribution in [-0.2, 0) is 14.8 Å². The summed E-state index contributed by atoms with van der Waals surface area (Å²) >= 11 is 1.20. The Labute approximate surface area is 174 Å². The normalized spacial score (nSPS) is 15.7. The molecule has 3 rings (SSSR count). The number of carbonyl (C=O) groups excluding carboxylic acids is 1. The van der Waals surface area contributed by atoms with Crippen molar-refractivity contribution in [3.63, 3.8) is 0 Å². The molecule has 1 aromatic carbocycles. The summed E-state index contributed by atoms with van der Waals surface area (Å²) in [5.74, 6) is 1.08. The first-order chi connectivity index (χ1) is 13.9. The molecule has 8 nitrogen and oxygen atoms in total. The number of thiophene rings is 1. The van der Waals surface area contributed by atoms with Crippen LogP contribution in [0.5, 0.6) is 11.5 Å². The predicted octanol–water partition coefficient (Wildman–Crippen LogP) is 3.19. The largest absolute Gasteiger partial charge is 0.497 e. The van der Waals surface area contributed by atoms with Gasteiger partial charge < -0.3 is 14.2 Å². The van der Waals surface area contributed by atoms with Gasteiger partial charge in [0.05, 0.1) is 27.0 Å². The molecule has 1 saturated heterocycles. The van der Waals surface area contributed by atoms with Crippen LogP contribution in [-0.4, -0.2) is 59.3 Å². The monoisotopic (exact) mass is 440 g/mol. The fourth-order valence-electron chi connectivity index (χ4n) is 3.40. The van der Waals surface area contributed by atoms with E-state index in [4.69, 9.17) is 14.2 Å². The number of ether oxygens (including phenoxy) is 3. The van der Waals surface area contributed by atoms with Gasteiger partial charge in [0.25, 0.3) is 10.0 Å². The number of hydrogen-bond acceptors (Lipinski definition) is 7. The van der Waals surface area contributed by atoms with Crippen molar-refractivity contribution in [2.24, 2.45) is 0 Å². The second kappa shape index (κ2) is 9.02. The number of sulfonamides is 1. The zero-order valence-electron chi connectivity index (χ0n) is 16.5. The van der Waals surface area contributed by atoms with E-state index in [-0.39, 0.29) is 6.04 Å². The molecule has 1 aliphatic rings. The zero-order valence-corrected chi connectivity index (χ0v) is 18.2. The van der Waals surface area contributed by atoms with E-state index in [0.29, 0.717) is 47.3 Å². The Morgan fingerprint density at radius 3 is 2.41 bits per heavy atom. The molecule has 1 amide bonds. The van der Waals surface area contributed by atoms with Gasteiger partial charge in [0.2, 0.25) is 0 Å². The van der Waals surface area contributed by atoms with Gasteiger partial charge in [-0.3, -0.25) is 4.90 Å². The molecule has 0 unspecified atom stereocenters. The molecule has 2 heterocycles. The highest BCUT2D eigenvalue weighted by Gasteiger charge is 2.35. The van der Waals surface area contributed by atoms with E-state index in [1.807, 2.05) is 0 Å². The number of amides is 1. The summed E-state index contributed by atoms with van der Waals surface area (Å²) in [6, 6.07) is 8.28. The van der Waals surface area contributed by atoms with E-state index < -0.39 is 16.1 Å². The third-order valence-electron chi connectivity index (χ3n) is 4.90. The van der Waals surface area contributed by atoms with Crippen LogP contribution in [0.3, 0.4) is 0 Å². The van der Waals surface area contributed by atoms with E-state index >= 15 is 0 Å². The SMILES string of the molecule is COC(=O)N(c1ccc(OC)cc1OC)C1CCN(S(=O)(=O)c2cccs2)CC1. The van der Waals surface area contributed by atoms with E-state index in [1.165, 1.54) is 34.8 Å². The molecule has 0 saturated carbocycles. The van der Waals surface area contributed by atoms with Gasteiger partial charge in [0.15, 0.2) is 0 Å². The Morgan fingerprint density at radius 2 is 1.86 bits per heavy atom. The number of benzene rings is 1. The minimum atomic E-state index is -3.50. The smallest absolute Gasteiger partial charge is 0.414 e. The van der Waals surface area contributed by atoms with E-state index in [0.717, 1.165) is 0 Å². The maximum Gasteiger partial charge on any atom is 0.414 e. The van der Waals surface area contributed by atoms with E-state index in [2.05, 4.69) is 0 Å². The van der Waals surface area contributed by atoms with Crippen molar-refractivity contribution in [1.82, 2.24) is 4.31 Å². The molecule has 0 aliphatic carbocycles. The van der Waals surface area contributed by atoms with Crippen LogP contribution in [0, 0.1) is 0 Å². The van der Waals surface area contributed by atoms with Crippen LogP contribution in [0.4, 0.5) is 10.5 Å². The average molecular weight is 441 g/mol. The molecule has 0 bridgehead atoms. The predicted molar refractivity (Wildman–Crippen MR) is 111 cm³/mol. The van der Waals surface area contributed by atoms with Crippen molar-refractivity contribution in [3.05, 3.63) is 35.7 Å². The number of nitrogens with zero attached hydrogens (tertiary/aromatic N) is 2. The molecule has 1 fully saturated rings. The lowest BCUT2D eigenvalue weighted by molar-refractivity contribution is 0.172. The van der Waals surface area contributed by atoms with Crippen LogP contribution in [0.25, 0.3) is 0 Å². The second-order valence-corrected chi connectivity index (χ2v) is 9.56. The van der Waals surface area contributed by atoms with Gasteiger partial charge in [-0.05, 0) is 36.4 Å². The van der Waals surface area contributed by atoms with Gasteiger partial charge in [-0.2, -0.15) is 4.31 Å². The molecular weight excluding hydrogens is 416 g/mol. The zero-order chi connectivity index (χ0) is 21.0. The summed E-state index contributed by atoms with van der Waals surface area (Å²) in [5.41, 5.74) is 0.555. The lowest BCUT2D eigenvalue weighted by atomic mass is 10.0. The topological polar surface area (TPSA) is 85.4 Å². The number of anilines is 1. The van der Waals surface area contributed by atoms with Gasteiger partial charge in [-0.1, -0.05) is 6.07 Å². The Morgan fingerprint density at radius 1 is 1.14 bits per heavy atom. The lowest BCUT2D eigenvalue weighted by Crippen LogP contribution is -2.49. The first-order valence-corrected chi connectivity index (χ1v) is 11.4. The molecule has 2 aromatic rings. The highest BCUT2D eigenvalue weighted by Crippen LogP contribution is 2.36. The van der Waals surface area contributed by atoms with Crippen molar-refractivity contribution in [2.75, 3.05) is 39.3 Å². The minimum absolute atomic E-state index is 0.223. The number of carbonyl (C=O) groups is 1. The fourth-order valence-corrected chi connectivity index (χ4v) is 6.02. The highest BCUT2D eigenvalue weighted by molar-refractivity contribution is 7.91. The number of hydrogen-bond donors (Lipinski definition) is 0. The van der Waals surface area contributed by atoms with Crippen molar-refractivity contribution >= 4 is 33.1 Å². The maximum absolute atomic E-state index is 12.8. The standard InChI is InChI=1S/C19H24N2O6S2/c1-25-15-6-7-16(17(13-15)26-2)21(19(22)27-3)14-8-10-20(11-9-14)29(23,24)18-5-4-12-28-18/h4-7,12-14H,8-11H2,1-3H3. The van der Waals surface area contributed by atoms with Crippen molar-refractivity contribution < 1.29 is 27.4 Å². The molecule has 0 spiro atoms. The van der Waals surface area contributed by atoms with Crippen molar-refractivity contribution in [2.45, 2.75) is 23.1 Å². The first kappa shape index (κ1) is 21.4. The lowest BCUT2D eigenvalue weighted by Gasteiger charge is -2.37. The van der Waals surface area contributed by atoms with Crippen molar-refractivity contribution in [1.29, 1.82) is 0 Å². The number of methoxy groups -OCH3 is 3. The average Bonchev–Trinajstić information content (AvgIpc) is 3.30. The summed E-state index contributed by atoms with van der Waals surface area (Å²) < 4.78 is 43.0. The van der Waals surface area contributed by atoms with E-state index in [9.17, 15) is 13.2 Å². The van der Waals surface area contributed by atoms with Gasteiger partial charge in [0.1, 0.15) is 15.7 Å². The van der Waals surface area contributed by atoms with Crippen LogP contribution in [0.1, 0.15) is 12.8 Å². The summed E-state index contributed by atoms with van der Waals surface area (Å²) in [4.78, 5) is 14.1. The third kappa shape index (κ3) is 4.34. The number of piperidine rings is 1. The van der Waals surface area contributed by atoms with Crippen LogP contribution >= 0.6 is 11.3 Å². The van der Waals surface area contributed by atoms with Crippen LogP contribution in [0.2, 0.25) is 0 Å². The van der Waals surface area contributed by atoms with Gasteiger partial charge in [0, 0.05) is 25.2 Å². The highest BCUT2D eigenvalue weighted by atomic mass is 32.2. The summed E-state index contributed by atoms with van der Waals surface area (Å²) in [5, 5.41) is 1.74. The number of rotatable bonds is 6. The fraction of sp³-hybridized carbons (Fsp3) is 0.421. The Hall–Kier alpha value is -2.30. The molecule has 0 radical (unpaired) electrons. The van der Waals surface area contributed by atoms with Gasteiger partial charge in [-0.25, -0.2) is 13.2 Å². The molecule has 1 aromatic heterocycles. The molecule has 158 valence electrons. The quantitative estimate of drug-likeness (QED) is 0.686. The van der Waals surface area contributed by atoms with E-state index in [1.54, 1.807) is 42.8 Å². The van der Waals surface area contributed by atoms with Gasteiger partial charge >= 0.3 is 6.09 Å². The summed E-state index contributed by atoms with van der Waals surface area (Å²) in [6.07, 6.45) is 0.442. The molecule has 0 atom stereocenters. The summed E-state index contributed by atoms with van der Waals surface area (Å²) in [6.45, 7) is 0.633. The Kier molecular flexibility index (Phi) is 6.66. The minimum Gasteiger partial charge on any atom is -0.497 e. The molecule has 10 heteroatoms. The van der Waals surface area contributed by atoms with Crippen molar-refractivity contribution in [3.8, 4) is 11.5 Å². The Balaban J connectivity index is 1.83. The van der Waals surface area contributed by atoms with Gasteiger partial charge in [-0.15, -0.1) is 11.3 Å². The van der Waals surface area contributed by atoms with Crippen LogP contribution in [0.15, 0.2) is 39.9 Å². The second-order valence-electron chi connectivity index (χ2n) is 6.45. The molecule has 29 heavy (non-hydrogen) atoms. The first-order valence-electron chi connectivity index (χ1n) is 9.05. The van der Waals surface area contributed by atoms with Crippen LogP contribution < -0.4 is 14.4 Å². The molecule has 1 aliphatic heterocycles. The maximum atomic E-state index is 12.8. The third-order valence-corrected chi connectivity index (χ3v) is 8.17. The Bertz CT molecular complexity index is 938. The molecule has 0 N–H and O–H groups in total.